The van der Waals surface area contributed by atoms with Crippen molar-refractivity contribution >= 4 is 32.6 Å². The Kier molecular flexibility index (Phi) is 6.29. The predicted molar refractivity (Wildman–Crippen MR) is 212 cm³/mol. The van der Waals surface area contributed by atoms with Crippen molar-refractivity contribution in [1.29, 1.82) is 0 Å². The lowest BCUT2D eigenvalue weighted by molar-refractivity contribution is 0.660. The van der Waals surface area contributed by atoms with Gasteiger partial charge in [-0.25, -0.2) is 0 Å². The van der Waals surface area contributed by atoms with Gasteiger partial charge in [-0.05, 0) is 109 Å². The van der Waals surface area contributed by atoms with Crippen molar-refractivity contribution in [3.8, 4) is 50.2 Å². The number of fused-ring (bicyclic) bond motifs is 7. The lowest BCUT2D eigenvalue weighted by Gasteiger charge is -2.23. The summed E-state index contributed by atoms with van der Waals surface area (Å²) in [5, 5.41) is 5.10. The molecule has 1 nitrogen and oxygen atoms in total. The van der Waals surface area contributed by atoms with Crippen LogP contribution in [0.15, 0.2) is 176 Å². The molecule has 236 valence electrons. The standard InChI is InChI=1S/C49H35N/c1-49(2)45-30-37(40-19-11-17-34-16-9-10-18-39(34)40)20-24-41(45)42-25-23-38(31-46(42)49)50-47-26-21-35(32-12-5-3-6-13-32)28-43(47)44-29-36(22-27-48(44)50)33-14-7-4-8-15-33/h3-31H,1-2H3. The average Bonchev–Trinajstić information content (AvgIpc) is 3.62. The Hall–Kier alpha value is -6.18. The topological polar surface area (TPSA) is 4.93 Å². The van der Waals surface area contributed by atoms with Gasteiger partial charge in [-0.1, -0.05) is 147 Å². The fraction of sp³-hybridized carbons (Fsp3) is 0.0612. The van der Waals surface area contributed by atoms with Crippen molar-refractivity contribution in [1.82, 2.24) is 4.57 Å². The number of hydrogen-bond donors (Lipinski definition) is 0. The lowest BCUT2D eigenvalue weighted by Crippen LogP contribution is -2.15. The minimum atomic E-state index is -0.152. The number of aromatic nitrogens is 1. The predicted octanol–water partition coefficient (Wildman–Crippen LogP) is 13.2. The van der Waals surface area contributed by atoms with E-state index in [0.29, 0.717) is 0 Å². The monoisotopic (exact) mass is 637 g/mol. The van der Waals surface area contributed by atoms with Gasteiger partial charge in [-0.2, -0.15) is 0 Å². The van der Waals surface area contributed by atoms with Crippen LogP contribution < -0.4 is 0 Å². The first-order valence-corrected chi connectivity index (χ1v) is 17.5. The second-order valence-electron chi connectivity index (χ2n) is 14.2. The van der Waals surface area contributed by atoms with Crippen LogP contribution in [0.3, 0.4) is 0 Å². The van der Waals surface area contributed by atoms with E-state index < -0.39 is 0 Å². The highest BCUT2D eigenvalue weighted by Crippen LogP contribution is 2.51. The Balaban J connectivity index is 1.14. The molecule has 8 aromatic carbocycles. The van der Waals surface area contributed by atoms with E-state index >= 15 is 0 Å². The molecule has 0 radical (unpaired) electrons. The van der Waals surface area contributed by atoms with Crippen LogP contribution in [0.25, 0.3) is 82.8 Å². The van der Waals surface area contributed by atoms with E-state index in [1.54, 1.807) is 0 Å². The van der Waals surface area contributed by atoms with Gasteiger partial charge in [0.25, 0.3) is 0 Å². The van der Waals surface area contributed by atoms with Gasteiger partial charge in [-0.15, -0.1) is 0 Å². The molecule has 0 unspecified atom stereocenters. The van der Waals surface area contributed by atoms with Crippen LogP contribution in [-0.4, -0.2) is 4.57 Å². The van der Waals surface area contributed by atoms with Gasteiger partial charge in [0.1, 0.15) is 0 Å². The highest BCUT2D eigenvalue weighted by atomic mass is 15.0. The molecule has 10 rings (SSSR count). The van der Waals surface area contributed by atoms with Crippen molar-refractivity contribution < 1.29 is 0 Å². The highest BCUT2D eigenvalue weighted by molar-refractivity contribution is 6.11. The maximum atomic E-state index is 2.47. The Morgan fingerprint density at radius 3 is 1.56 bits per heavy atom. The largest absolute Gasteiger partial charge is 0.309 e. The van der Waals surface area contributed by atoms with E-state index in [1.165, 1.54) is 93.9 Å². The minimum absolute atomic E-state index is 0.152. The van der Waals surface area contributed by atoms with Gasteiger partial charge in [0, 0.05) is 21.9 Å². The molecular formula is C49H35N. The Labute approximate surface area is 292 Å². The van der Waals surface area contributed by atoms with Gasteiger partial charge in [0.05, 0.1) is 11.0 Å². The summed E-state index contributed by atoms with van der Waals surface area (Å²) in [5.74, 6) is 0. The zero-order valence-corrected chi connectivity index (χ0v) is 28.2. The quantitative estimate of drug-likeness (QED) is 0.181. The number of rotatable bonds is 4. The number of benzene rings is 8. The second-order valence-corrected chi connectivity index (χ2v) is 14.2. The van der Waals surface area contributed by atoms with E-state index in [1.807, 2.05) is 0 Å². The van der Waals surface area contributed by atoms with Crippen LogP contribution >= 0.6 is 0 Å². The van der Waals surface area contributed by atoms with Crippen LogP contribution in [0.5, 0.6) is 0 Å². The third-order valence-electron chi connectivity index (χ3n) is 11.0. The van der Waals surface area contributed by atoms with Crippen LogP contribution in [0.1, 0.15) is 25.0 Å². The second kappa shape index (κ2) is 10.9. The molecule has 50 heavy (non-hydrogen) atoms. The normalized spacial score (nSPS) is 13.2. The molecule has 1 heteroatoms. The van der Waals surface area contributed by atoms with Crippen LogP contribution in [0.2, 0.25) is 0 Å². The van der Waals surface area contributed by atoms with E-state index in [0.717, 1.165) is 0 Å². The summed E-state index contributed by atoms with van der Waals surface area (Å²) in [5.41, 5.74) is 16.4. The van der Waals surface area contributed by atoms with Gasteiger partial charge in [-0.3, -0.25) is 0 Å². The van der Waals surface area contributed by atoms with Crippen molar-refractivity contribution in [2.75, 3.05) is 0 Å². The van der Waals surface area contributed by atoms with Crippen LogP contribution in [0.4, 0.5) is 0 Å². The van der Waals surface area contributed by atoms with Crippen molar-refractivity contribution in [3.63, 3.8) is 0 Å². The van der Waals surface area contributed by atoms with E-state index in [2.05, 4.69) is 194 Å². The van der Waals surface area contributed by atoms with Crippen molar-refractivity contribution in [3.05, 3.63) is 187 Å². The first-order chi connectivity index (χ1) is 24.5. The SMILES string of the molecule is CC1(C)c2cc(-c3cccc4ccccc34)ccc2-c2ccc(-n3c4ccc(-c5ccccc5)cc4c4cc(-c5ccccc5)ccc43)cc21. The Morgan fingerprint density at radius 1 is 0.360 bits per heavy atom. The highest BCUT2D eigenvalue weighted by Gasteiger charge is 2.36. The molecule has 0 aliphatic heterocycles. The molecule has 0 saturated heterocycles. The molecule has 0 atom stereocenters. The van der Waals surface area contributed by atoms with Crippen molar-refractivity contribution in [2.24, 2.45) is 0 Å². The molecule has 0 amide bonds. The molecule has 1 heterocycles. The summed E-state index contributed by atoms with van der Waals surface area (Å²) in [6, 6.07) is 64.9. The maximum absolute atomic E-state index is 2.47. The fourth-order valence-corrected chi connectivity index (χ4v) is 8.43. The fourth-order valence-electron chi connectivity index (χ4n) is 8.43. The third-order valence-corrected chi connectivity index (χ3v) is 11.0. The van der Waals surface area contributed by atoms with Gasteiger partial charge in [0.15, 0.2) is 0 Å². The van der Waals surface area contributed by atoms with E-state index in [-0.39, 0.29) is 5.41 Å². The zero-order chi connectivity index (χ0) is 33.4. The maximum Gasteiger partial charge on any atom is 0.0541 e. The molecule has 9 aromatic rings. The Morgan fingerprint density at radius 2 is 0.900 bits per heavy atom. The van der Waals surface area contributed by atoms with E-state index in [9.17, 15) is 0 Å². The molecule has 1 aliphatic rings. The summed E-state index contributed by atoms with van der Waals surface area (Å²) >= 11 is 0. The average molecular weight is 638 g/mol. The molecule has 0 fully saturated rings. The molecule has 1 aromatic heterocycles. The summed E-state index contributed by atoms with van der Waals surface area (Å²) in [6.07, 6.45) is 0. The minimum Gasteiger partial charge on any atom is -0.309 e. The van der Waals surface area contributed by atoms with Crippen LogP contribution in [-0.2, 0) is 5.41 Å². The molecule has 0 bridgehead atoms. The first-order valence-electron chi connectivity index (χ1n) is 17.5. The lowest BCUT2D eigenvalue weighted by atomic mass is 9.81. The number of hydrogen-bond acceptors (Lipinski definition) is 0. The van der Waals surface area contributed by atoms with Gasteiger partial charge >= 0.3 is 0 Å². The smallest absolute Gasteiger partial charge is 0.0541 e. The van der Waals surface area contributed by atoms with Crippen LogP contribution in [0, 0.1) is 0 Å². The molecule has 0 spiro atoms. The first kappa shape index (κ1) is 28.8. The Bertz CT molecular complexity index is 2660. The third kappa shape index (κ3) is 4.33. The number of nitrogens with zero attached hydrogens (tertiary/aromatic N) is 1. The summed E-state index contributed by atoms with van der Waals surface area (Å²) < 4.78 is 2.47. The van der Waals surface area contributed by atoms with Gasteiger partial charge < -0.3 is 4.57 Å². The summed E-state index contributed by atoms with van der Waals surface area (Å²) in [7, 11) is 0. The molecular weight excluding hydrogens is 603 g/mol. The van der Waals surface area contributed by atoms with E-state index in [4.69, 9.17) is 0 Å². The molecule has 0 saturated carbocycles. The summed E-state index contributed by atoms with van der Waals surface area (Å²) in [6.45, 7) is 4.77. The molecule has 0 N–H and O–H groups in total. The summed E-state index contributed by atoms with van der Waals surface area (Å²) in [4.78, 5) is 0. The van der Waals surface area contributed by atoms with Gasteiger partial charge in [0.2, 0.25) is 0 Å². The molecule has 1 aliphatic carbocycles. The zero-order valence-electron chi connectivity index (χ0n) is 28.2. The van der Waals surface area contributed by atoms with Crippen molar-refractivity contribution in [2.45, 2.75) is 19.3 Å².